The zero-order chi connectivity index (χ0) is 19.6. The third-order valence-corrected chi connectivity index (χ3v) is 5.44. The summed E-state index contributed by atoms with van der Waals surface area (Å²) in [6.07, 6.45) is 6.05. The maximum Gasteiger partial charge on any atom is 0.191 e. The van der Waals surface area contributed by atoms with Gasteiger partial charge in [-0.25, -0.2) is 0 Å². The summed E-state index contributed by atoms with van der Waals surface area (Å²) in [4.78, 5) is 6.85. The SMILES string of the molecule is CN=C(NCCCOCC1CCCO1)NCC(c1ccc(C)o1)N1CCCC1.I. The zero-order valence-corrected chi connectivity index (χ0v) is 20.2. The molecular formula is C21H37IN4O3. The maximum atomic E-state index is 5.92. The average Bonchev–Trinajstić information content (AvgIpc) is 3.46. The first-order valence-corrected chi connectivity index (χ1v) is 10.7. The van der Waals surface area contributed by atoms with Crippen LogP contribution in [0.4, 0.5) is 0 Å². The van der Waals surface area contributed by atoms with E-state index >= 15 is 0 Å². The molecular weight excluding hydrogens is 483 g/mol. The van der Waals surface area contributed by atoms with Gasteiger partial charge in [0.25, 0.3) is 0 Å². The van der Waals surface area contributed by atoms with Gasteiger partial charge in [-0.3, -0.25) is 9.89 Å². The van der Waals surface area contributed by atoms with Crippen molar-refractivity contribution in [3.63, 3.8) is 0 Å². The number of rotatable bonds is 10. The Balaban J connectivity index is 0.00000300. The van der Waals surface area contributed by atoms with E-state index in [4.69, 9.17) is 13.9 Å². The number of aliphatic imine (C=N–C) groups is 1. The van der Waals surface area contributed by atoms with Crippen LogP contribution in [0.1, 0.15) is 49.7 Å². The number of hydrogen-bond donors (Lipinski definition) is 2. The van der Waals surface area contributed by atoms with Gasteiger partial charge in [0, 0.05) is 33.4 Å². The van der Waals surface area contributed by atoms with E-state index in [9.17, 15) is 0 Å². The summed E-state index contributed by atoms with van der Waals surface area (Å²) in [5.74, 6) is 2.82. The molecule has 29 heavy (non-hydrogen) atoms. The van der Waals surface area contributed by atoms with E-state index in [1.165, 1.54) is 12.8 Å². The Morgan fingerprint density at radius 1 is 1.28 bits per heavy atom. The molecule has 0 aromatic carbocycles. The molecule has 2 unspecified atom stereocenters. The van der Waals surface area contributed by atoms with Crippen molar-refractivity contribution in [1.29, 1.82) is 0 Å². The molecule has 1 aromatic heterocycles. The van der Waals surface area contributed by atoms with Crippen LogP contribution in [0.2, 0.25) is 0 Å². The summed E-state index contributed by atoms with van der Waals surface area (Å²) in [5, 5.41) is 6.85. The highest BCUT2D eigenvalue weighted by molar-refractivity contribution is 14.0. The molecule has 2 aliphatic rings. The number of likely N-dealkylation sites (tertiary alicyclic amines) is 1. The molecule has 0 spiro atoms. The molecule has 3 rings (SSSR count). The topological polar surface area (TPSA) is 71.3 Å². The van der Waals surface area contributed by atoms with Gasteiger partial charge in [0.05, 0.1) is 18.8 Å². The monoisotopic (exact) mass is 520 g/mol. The van der Waals surface area contributed by atoms with E-state index in [0.29, 0.717) is 12.7 Å². The van der Waals surface area contributed by atoms with E-state index < -0.39 is 0 Å². The second-order valence-corrected chi connectivity index (χ2v) is 7.65. The van der Waals surface area contributed by atoms with Crippen LogP contribution >= 0.6 is 24.0 Å². The Bertz CT molecular complexity index is 599. The van der Waals surface area contributed by atoms with Crippen LogP contribution in [0.5, 0.6) is 0 Å². The lowest BCUT2D eigenvalue weighted by Crippen LogP contribution is -2.43. The molecule has 0 aliphatic carbocycles. The van der Waals surface area contributed by atoms with Crippen LogP contribution in [0.3, 0.4) is 0 Å². The number of ether oxygens (including phenoxy) is 2. The molecule has 2 saturated heterocycles. The minimum Gasteiger partial charge on any atom is -0.465 e. The Morgan fingerprint density at radius 2 is 2.10 bits per heavy atom. The van der Waals surface area contributed by atoms with Gasteiger partial charge in [-0.15, -0.1) is 24.0 Å². The first-order valence-electron chi connectivity index (χ1n) is 10.7. The van der Waals surface area contributed by atoms with Crippen molar-refractivity contribution in [2.24, 2.45) is 4.99 Å². The number of halogens is 1. The normalized spacial score (nSPS) is 21.2. The number of aryl methyl sites for hydroxylation is 1. The predicted molar refractivity (Wildman–Crippen MR) is 126 cm³/mol. The van der Waals surface area contributed by atoms with E-state index in [2.05, 4.69) is 26.6 Å². The molecule has 2 atom stereocenters. The van der Waals surface area contributed by atoms with Crippen LogP contribution in [0.15, 0.2) is 21.5 Å². The second kappa shape index (κ2) is 13.5. The number of nitrogens with one attached hydrogen (secondary N) is 2. The quantitative estimate of drug-likeness (QED) is 0.214. The van der Waals surface area contributed by atoms with Gasteiger partial charge < -0.3 is 24.5 Å². The lowest BCUT2D eigenvalue weighted by atomic mass is 10.2. The van der Waals surface area contributed by atoms with Crippen molar-refractivity contribution >= 4 is 29.9 Å². The molecule has 2 aliphatic heterocycles. The first kappa shape index (κ1) is 24.4. The fourth-order valence-electron chi connectivity index (χ4n) is 3.88. The molecule has 1 aromatic rings. The third kappa shape index (κ3) is 8.07. The molecule has 0 radical (unpaired) electrons. The molecule has 2 N–H and O–H groups in total. The first-order chi connectivity index (χ1) is 13.8. The highest BCUT2D eigenvalue weighted by atomic mass is 127. The largest absolute Gasteiger partial charge is 0.465 e. The Kier molecular flexibility index (Phi) is 11.3. The fraction of sp³-hybridized carbons (Fsp3) is 0.762. The summed E-state index contributed by atoms with van der Waals surface area (Å²) < 4.78 is 17.2. The zero-order valence-electron chi connectivity index (χ0n) is 17.8. The lowest BCUT2D eigenvalue weighted by Gasteiger charge is -2.26. The van der Waals surface area contributed by atoms with E-state index in [0.717, 1.165) is 76.1 Å². The van der Waals surface area contributed by atoms with Gasteiger partial charge in [-0.2, -0.15) is 0 Å². The van der Waals surface area contributed by atoms with Crippen molar-refractivity contribution < 1.29 is 13.9 Å². The predicted octanol–water partition coefficient (Wildman–Crippen LogP) is 3.09. The molecule has 0 bridgehead atoms. The molecule has 0 amide bonds. The van der Waals surface area contributed by atoms with Gasteiger partial charge in [0.1, 0.15) is 11.5 Å². The third-order valence-electron chi connectivity index (χ3n) is 5.44. The molecule has 3 heterocycles. The van der Waals surface area contributed by atoms with Crippen molar-refractivity contribution in [1.82, 2.24) is 15.5 Å². The van der Waals surface area contributed by atoms with Crippen LogP contribution in [0.25, 0.3) is 0 Å². The summed E-state index contributed by atoms with van der Waals surface area (Å²) >= 11 is 0. The number of nitrogens with zero attached hydrogens (tertiary/aromatic N) is 2. The highest BCUT2D eigenvalue weighted by Gasteiger charge is 2.26. The van der Waals surface area contributed by atoms with Gasteiger partial charge >= 0.3 is 0 Å². The van der Waals surface area contributed by atoms with Crippen molar-refractivity contribution in [2.75, 3.05) is 53.0 Å². The van der Waals surface area contributed by atoms with Crippen molar-refractivity contribution in [2.45, 2.75) is 51.2 Å². The van der Waals surface area contributed by atoms with Crippen molar-refractivity contribution in [3.8, 4) is 0 Å². The molecule has 0 saturated carbocycles. The summed E-state index contributed by atoms with van der Waals surface area (Å²) in [7, 11) is 1.81. The minimum absolute atomic E-state index is 0. The number of hydrogen-bond acceptors (Lipinski definition) is 5. The second-order valence-electron chi connectivity index (χ2n) is 7.65. The smallest absolute Gasteiger partial charge is 0.191 e. The molecule has 8 heteroatoms. The van der Waals surface area contributed by atoms with Crippen LogP contribution in [-0.4, -0.2) is 70.0 Å². The standard InChI is InChI=1S/C21H36N4O3.HI/c1-17-8-9-20(28-17)19(25-11-3-4-12-25)15-24-21(22-2)23-10-6-13-26-16-18-7-5-14-27-18;/h8-9,18-19H,3-7,10-16H2,1-2H3,(H2,22,23,24);1H. The fourth-order valence-corrected chi connectivity index (χ4v) is 3.88. The van der Waals surface area contributed by atoms with E-state index in [-0.39, 0.29) is 30.0 Å². The number of furan rings is 1. The van der Waals surface area contributed by atoms with E-state index in [1.807, 2.05) is 20.0 Å². The Hall–Kier alpha value is -0.840. The summed E-state index contributed by atoms with van der Waals surface area (Å²) in [6.45, 7) is 8.20. The highest BCUT2D eigenvalue weighted by Crippen LogP contribution is 2.26. The van der Waals surface area contributed by atoms with Gasteiger partial charge in [0.15, 0.2) is 5.96 Å². The average molecular weight is 520 g/mol. The van der Waals surface area contributed by atoms with Gasteiger partial charge in [-0.1, -0.05) is 0 Å². The molecule has 2 fully saturated rings. The van der Waals surface area contributed by atoms with Crippen molar-refractivity contribution in [3.05, 3.63) is 23.7 Å². The van der Waals surface area contributed by atoms with Crippen LogP contribution in [-0.2, 0) is 9.47 Å². The summed E-state index contributed by atoms with van der Waals surface area (Å²) in [5.41, 5.74) is 0. The number of guanidine groups is 1. The Labute approximate surface area is 192 Å². The van der Waals surface area contributed by atoms with Gasteiger partial charge in [0.2, 0.25) is 0 Å². The lowest BCUT2D eigenvalue weighted by molar-refractivity contribution is 0.0168. The molecule has 7 nitrogen and oxygen atoms in total. The Morgan fingerprint density at radius 3 is 2.76 bits per heavy atom. The summed E-state index contributed by atoms with van der Waals surface area (Å²) in [6, 6.07) is 4.38. The van der Waals surface area contributed by atoms with Gasteiger partial charge in [-0.05, 0) is 64.3 Å². The molecule has 166 valence electrons. The van der Waals surface area contributed by atoms with E-state index in [1.54, 1.807) is 0 Å². The maximum absolute atomic E-state index is 5.92. The minimum atomic E-state index is 0. The van der Waals surface area contributed by atoms with Crippen LogP contribution < -0.4 is 10.6 Å². The van der Waals surface area contributed by atoms with Crippen LogP contribution in [0, 0.1) is 6.92 Å².